The van der Waals surface area contributed by atoms with Crippen LogP contribution in [0.15, 0.2) is 237 Å². The normalized spacial score (nSPS) is 11.3. The molecule has 2 nitrogen and oxygen atoms in total. The summed E-state index contributed by atoms with van der Waals surface area (Å²) in [6.45, 7) is 2.14. The Morgan fingerprint density at radius 2 is 0.569 bits per heavy atom. The Morgan fingerprint density at radius 1 is 0.338 bits per heavy atom. The predicted octanol–water partition coefficient (Wildman–Crippen LogP) is 16.0. The molecule has 0 amide bonds. The fraction of sp³-hybridized carbons (Fsp3) is 0.113. The quantitative estimate of drug-likeness (QED) is 0.0905. The summed E-state index contributed by atoms with van der Waals surface area (Å²) in [6, 6.07) is 86.3. The summed E-state index contributed by atoms with van der Waals surface area (Å²) in [5.41, 5.74) is 17.4. The lowest BCUT2D eigenvalue weighted by Crippen LogP contribution is -2.49. The van der Waals surface area contributed by atoms with Gasteiger partial charge in [-0.15, -0.1) is 0 Å². The fourth-order valence-corrected chi connectivity index (χ4v) is 13.8. The minimum absolute atomic E-state index is 0.117. The van der Waals surface area contributed by atoms with Crippen LogP contribution in [0.5, 0.6) is 0 Å². The minimum Gasteiger partial charge on any atom is -0.518 e. The van der Waals surface area contributed by atoms with E-state index in [9.17, 15) is 4.79 Å². The summed E-state index contributed by atoms with van der Waals surface area (Å²) in [5, 5.41) is 0. The summed E-state index contributed by atoms with van der Waals surface area (Å²) in [6.07, 6.45) is 2.04. The van der Waals surface area contributed by atoms with E-state index >= 15 is 0 Å². The molecule has 0 spiro atoms. The highest BCUT2D eigenvalue weighted by Gasteiger charge is 2.43. The van der Waals surface area contributed by atoms with Gasteiger partial charge in [-0.05, 0) is 89.9 Å². The van der Waals surface area contributed by atoms with Crippen molar-refractivity contribution in [1.82, 2.24) is 0 Å². The van der Waals surface area contributed by atoms with Crippen LogP contribution in [-0.4, -0.2) is 14.3 Å². The van der Waals surface area contributed by atoms with E-state index < -0.39 is 8.32 Å². The van der Waals surface area contributed by atoms with E-state index in [4.69, 9.17) is 4.43 Å². The van der Waals surface area contributed by atoms with Gasteiger partial charge in [0.1, 0.15) is 0 Å². The molecule has 65 heavy (non-hydrogen) atoms. The number of carbonyl (C=O) groups is 1. The van der Waals surface area contributed by atoms with Crippen molar-refractivity contribution in [2.45, 2.75) is 44.3 Å². The minimum atomic E-state index is -3.47. The highest BCUT2D eigenvalue weighted by atomic mass is 28.4. The number of hydrogen-bond donors (Lipinski definition) is 0. The van der Waals surface area contributed by atoms with Crippen LogP contribution in [0.1, 0.15) is 42.9 Å². The predicted molar refractivity (Wildman–Crippen MR) is 274 cm³/mol. The molecule has 318 valence electrons. The van der Waals surface area contributed by atoms with Gasteiger partial charge in [0.15, 0.2) is 0 Å². The summed E-state index contributed by atoms with van der Waals surface area (Å²) in [4.78, 5) is 14.9. The molecule has 3 heteroatoms. The van der Waals surface area contributed by atoms with Crippen molar-refractivity contribution in [2.75, 3.05) is 0 Å². The SMILES string of the molecule is CCCCC(=O)O[Si](Cc1c(-c2ccccc2)cccc1-c1ccccc1)(Cc1c(-c2ccccc2)cccc1-c1ccccc1)Cc1c(-c2ccccc2)cccc1-c1ccccc1. The van der Waals surface area contributed by atoms with E-state index in [1.807, 2.05) is 0 Å². The first-order valence-corrected chi connectivity index (χ1v) is 25.5. The average molecular weight is 859 g/mol. The second-order valence-electron chi connectivity index (χ2n) is 17.0. The Hall–Kier alpha value is -7.33. The Morgan fingerprint density at radius 3 is 0.785 bits per heavy atom. The lowest BCUT2D eigenvalue weighted by Gasteiger charge is -2.36. The van der Waals surface area contributed by atoms with Gasteiger partial charge in [0, 0.05) is 24.6 Å². The molecule has 9 rings (SSSR count). The smallest absolute Gasteiger partial charge is 0.292 e. The molecule has 0 aliphatic rings. The number of hydrogen-bond acceptors (Lipinski definition) is 2. The van der Waals surface area contributed by atoms with Crippen molar-refractivity contribution in [3.63, 3.8) is 0 Å². The zero-order valence-corrected chi connectivity index (χ0v) is 38.1. The van der Waals surface area contributed by atoms with Crippen LogP contribution < -0.4 is 0 Å². The second-order valence-corrected chi connectivity index (χ2v) is 20.6. The monoisotopic (exact) mass is 858 g/mol. The van der Waals surface area contributed by atoms with Gasteiger partial charge in [0.25, 0.3) is 14.3 Å². The first-order valence-electron chi connectivity index (χ1n) is 23.0. The van der Waals surface area contributed by atoms with E-state index in [1.165, 1.54) is 16.7 Å². The summed E-state index contributed by atoms with van der Waals surface area (Å²) in [5.74, 6) is -0.117. The van der Waals surface area contributed by atoms with E-state index in [0.29, 0.717) is 24.6 Å². The molecule has 0 saturated heterocycles. The molecule has 0 aliphatic heterocycles. The molecular formula is C62H54O2Si. The molecule has 0 saturated carbocycles. The van der Waals surface area contributed by atoms with Crippen molar-refractivity contribution in [3.8, 4) is 66.8 Å². The molecule has 0 heterocycles. The first kappa shape index (κ1) is 42.9. The zero-order chi connectivity index (χ0) is 44.3. The first-order chi connectivity index (χ1) is 32.1. The zero-order valence-electron chi connectivity index (χ0n) is 37.1. The van der Waals surface area contributed by atoms with Crippen molar-refractivity contribution in [3.05, 3.63) is 253 Å². The molecule has 0 aliphatic carbocycles. The van der Waals surface area contributed by atoms with Gasteiger partial charge in [-0.1, -0.05) is 250 Å². The van der Waals surface area contributed by atoms with Crippen LogP contribution in [0.25, 0.3) is 66.8 Å². The van der Waals surface area contributed by atoms with Gasteiger partial charge in [-0.2, -0.15) is 0 Å². The van der Waals surface area contributed by atoms with Gasteiger partial charge in [0.2, 0.25) is 0 Å². The van der Waals surface area contributed by atoms with Gasteiger partial charge in [0.05, 0.1) is 0 Å². The van der Waals surface area contributed by atoms with Crippen LogP contribution in [0.4, 0.5) is 0 Å². The average Bonchev–Trinajstić information content (AvgIpc) is 3.37. The van der Waals surface area contributed by atoms with E-state index in [1.54, 1.807) is 0 Å². The second kappa shape index (κ2) is 20.4. The van der Waals surface area contributed by atoms with Crippen LogP contribution in [-0.2, 0) is 27.4 Å². The molecule has 0 N–H and O–H groups in total. The molecule has 0 unspecified atom stereocenters. The fourth-order valence-electron chi connectivity index (χ4n) is 9.54. The molecule has 9 aromatic carbocycles. The van der Waals surface area contributed by atoms with Crippen molar-refractivity contribution in [2.24, 2.45) is 0 Å². The molecule has 9 aromatic rings. The van der Waals surface area contributed by atoms with Gasteiger partial charge in [-0.3, -0.25) is 4.79 Å². The maximum atomic E-state index is 14.9. The molecular weight excluding hydrogens is 805 g/mol. The van der Waals surface area contributed by atoms with E-state index in [0.717, 1.165) is 79.6 Å². The van der Waals surface area contributed by atoms with Gasteiger partial charge >= 0.3 is 0 Å². The molecule has 0 radical (unpaired) electrons. The largest absolute Gasteiger partial charge is 0.518 e. The van der Waals surface area contributed by atoms with Crippen molar-refractivity contribution >= 4 is 14.3 Å². The molecule has 0 bridgehead atoms. The van der Waals surface area contributed by atoms with E-state index in [2.05, 4.69) is 244 Å². The van der Waals surface area contributed by atoms with Crippen LogP contribution in [0, 0.1) is 0 Å². The molecule has 0 atom stereocenters. The van der Waals surface area contributed by atoms with Gasteiger partial charge < -0.3 is 4.43 Å². The Kier molecular flexibility index (Phi) is 13.5. The Bertz CT molecular complexity index is 2470. The van der Waals surface area contributed by atoms with Crippen LogP contribution in [0.3, 0.4) is 0 Å². The topological polar surface area (TPSA) is 26.3 Å². The molecule has 0 fully saturated rings. The van der Waals surface area contributed by atoms with Gasteiger partial charge in [-0.25, -0.2) is 0 Å². The number of rotatable bonds is 16. The van der Waals surface area contributed by atoms with Crippen LogP contribution in [0.2, 0.25) is 0 Å². The maximum Gasteiger partial charge on any atom is 0.292 e. The third-order valence-corrected chi connectivity index (χ3v) is 16.3. The summed E-state index contributed by atoms with van der Waals surface area (Å²) < 4.78 is 7.60. The number of benzene rings is 9. The lowest BCUT2D eigenvalue weighted by atomic mass is 9.92. The summed E-state index contributed by atoms with van der Waals surface area (Å²) >= 11 is 0. The third kappa shape index (κ3) is 9.92. The van der Waals surface area contributed by atoms with Crippen LogP contribution >= 0.6 is 0 Å². The molecule has 0 aromatic heterocycles. The maximum absolute atomic E-state index is 14.9. The Labute approximate surface area is 386 Å². The van der Waals surface area contributed by atoms with Crippen molar-refractivity contribution in [1.29, 1.82) is 0 Å². The number of carbonyl (C=O) groups excluding carboxylic acids is 1. The number of unbranched alkanes of at least 4 members (excludes halogenated alkanes) is 1. The van der Waals surface area contributed by atoms with E-state index in [-0.39, 0.29) is 5.97 Å². The third-order valence-electron chi connectivity index (χ3n) is 12.6. The standard InChI is InChI=1S/C62H54O2Si/c1-2-3-43-62(63)64-65(44-59-53(47-25-10-4-11-26-47)37-22-38-54(59)48-27-12-5-13-28-48,45-60-55(49-29-14-6-15-30-49)39-23-40-56(60)50-31-16-7-17-32-50)46-61-57(51-33-18-8-19-34-51)41-24-42-58(61)52-35-20-9-21-36-52/h4-42H,2-3,43-46H2,1H3. The highest BCUT2D eigenvalue weighted by molar-refractivity contribution is 6.74. The summed E-state index contributed by atoms with van der Waals surface area (Å²) in [7, 11) is -3.47. The highest BCUT2D eigenvalue weighted by Crippen LogP contribution is 2.43. The Balaban J connectivity index is 1.38. The lowest BCUT2D eigenvalue weighted by molar-refractivity contribution is -0.135. The van der Waals surface area contributed by atoms with Crippen molar-refractivity contribution < 1.29 is 9.22 Å².